The zero-order chi connectivity index (χ0) is 20.4. The fourth-order valence-electron chi connectivity index (χ4n) is 4.42. The molecule has 1 N–H and O–H groups in total. The third-order valence-corrected chi connectivity index (χ3v) is 8.38. The quantitative estimate of drug-likeness (QED) is 0.331. The standard InChI is InChI=1S/C27H25NS2/c1-20-18-29-19-25-24(20)17-26(30-25)28-27(21-11-5-2-6-12-21,22-13-7-3-8-14-22)23-15-9-4-10-16-23/h2-17,20,28H,18-19H2,1H3. The van der Waals surface area contributed by atoms with Gasteiger partial charge in [0.1, 0.15) is 5.54 Å². The van der Waals surface area contributed by atoms with Gasteiger partial charge in [-0.05, 0) is 34.2 Å². The normalized spacial score (nSPS) is 16.1. The van der Waals surface area contributed by atoms with Crippen molar-refractivity contribution in [1.29, 1.82) is 0 Å². The fourth-order valence-corrected chi connectivity index (χ4v) is 6.94. The summed E-state index contributed by atoms with van der Waals surface area (Å²) in [5.41, 5.74) is 4.81. The summed E-state index contributed by atoms with van der Waals surface area (Å²) in [5, 5.41) is 5.27. The molecule has 4 aromatic rings. The Morgan fingerprint density at radius 1 is 0.767 bits per heavy atom. The average molecular weight is 428 g/mol. The predicted molar refractivity (Wildman–Crippen MR) is 132 cm³/mol. The first-order chi connectivity index (χ1) is 14.8. The molecule has 0 saturated heterocycles. The summed E-state index contributed by atoms with van der Waals surface area (Å²) >= 11 is 3.97. The Kier molecular flexibility index (Phi) is 5.41. The molecular weight excluding hydrogens is 402 g/mol. The summed E-state index contributed by atoms with van der Waals surface area (Å²) in [6.45, 7) is 2.35. The lowest BCUT2D eigenvalue weighted by Gasteiger charge is -2.37. The van der Waals surface area contributed by atoms with Gasteiger partial charge in [-0.1, -0.05) is 97.9 Å². The number of fused-ring (bicyclic) bond motifs is 1. The average Bonchev–Trinajstić information content (AvgIpc) is 3.23. The van der Waals surface area contributed by atoms with Gasteiger partial charge in [-0.15, -0.1) is 11.3 Å². The van der Waals surface area contributed by atoms with Crippen LogP contribution >= 0.6 is 23.1 Å². The van der Waals surface area contributed by atoms with Crippen LogP contribution in [0.25, 0.3) is 0 Å². The Labute approximate surface area is 187 Å². The third kappa shape index (κ3) is 3.46. The van der Waals surface area contributed by atoms with E-state index in [9.17, 15) is 0 Å². The molecule has 1 aliphatic heterocycles. The van der Waals surface area contributed by atoms with E-state index in [1.165, 1.54) is 37.9 Å². The van der Waals surface area contributed by atoms with Crippen LogP contribution in [0.3, 0.4) is 0 Å². The van der Waals surface area contributed by atoms with Crippen molar-refractivity contribution < 1.29 is 0 Å². The topological polar surface area (TPSA) is 12.0 Å². The summed E-state index contributed by atoms with van der Waals surface area (Å²) in [5.74, 6) is 2.95. The Morgan fingerprint density at radius 3 is 1.73 bits per heavy atom. The van der Waals surface area contributed by atoms with Crippen molar-refractivity contribution in [1.82, 2.24) is 0 Å². The maximum absolute atomic E-state index is 4.03. The molecule has 1 atom stereocenters. The fraction of sp³-hybridized carbons (Fsp3) is 0.185. The van der Waals surface area contributed by atoms with Gasteiger partial charge in [0.05, 0.1) is 5.00 Å². The number of thiophene rings is 1. The van der Waals surface area contributed by atoms with Crippen LogP contribution in [0.1, 0.15) is 40.0 Å². The van der Waals surface area contributed by atoms with Crippen LogP contribution in [0.2, 0.25) is 0 Å². The van der Waals surface area contributed by atoms with Crippen molar-refractivity contribution in [3.05, 3.63) is 124 Å². The van der Waals surface area contributed by atoms with Gasteiger partial charge in [0.25, 0.3) is 0 Å². The van der Waals surface area contributed by atoms with Gasteiger partial charge in [0.15, 0.2) is 0 Å². The van der Waals surface area contributed by atoms with Crippen molar-refractivity contribution >= 4 is 28.1 Å². The van der Waals surface area contributed by atoms with Crippen LogP contribution in [0.15, 0.2) is 97.1 Å². The lowest BCUT2D eigenvalue weighted by molar-refractivity contribution is 0.714. The smallest absolute Gasteiger partial charge is 0.114 e. The lowest BCUT2D eigenvalue weighted by atomic mass is 9.77. The number of anilines is 1. The maximum atomic E-state index is 4.03. The molecule has 3 heteroatoms. The first kappa shape index (κ1) is 19.5. The Morgan fingerprint density at radius 2 is 1.27 bits per heavy atom. The van der Waals surface area contributed by atoms with E-state index in [1.807, 2.05) is 23.1 Å². The second-order valence-corrected chi connectivity index (χ2v) is 10.0. The van der Waals surface area contributed by atoms with E-state index in [0.29, 0.717) is 5.92 Å². The number of benzene rings is 3. The van der Waals surface area contributed by atoms with Crippen LogP contribution in [-0.4, -0.2) is 5.75 Å². The lowest BCUT2D eigenvalue weighted by Crippen LogP contribution is -2.37. The molecule has 0 aliphatic carbocycles. The number of hydrogen-bond acceptors (Lipinski definition) is 3. The minimum atomic E-state index is -0.451. The molecule has 5 rings (SSSR count). The molecule has 0 amide bonds. The van der Waals surface area contributed by atoms with Crippen molar-refractivity contribution in [2.24, 2.45) is 0 Å². The van der Waals surface area contributed by atoms with E-state index in [-0.39, 0.29) is 0 Å². The molecule has 1 aliphatic rings. The third-order valence-electron chi connectivity index (χ3n) is 5.90. The molecule has 0 spiro atoms. The van der Waals surface area contributed by atoms with E-state index < -0.39 is 5.54 Å². The van der Waals surface area contributed by atoms with Gasteiger partial charge in [-0.25, -0.2) is 0 Å². The summed E-state index contributed by atoms with van der Waals surface area (Å²) in [6, 6.07) is 34.9. The number of nitrogens with one attached hydrogen (secondary N) is 1. The van der Waals surface area contributed by atoms with E-state index in [4.69, 9.17) is 0 Å². The van der Waals surface area contributed by atoms with Crippen LogP contribution in [0, 0.1) is 0 Å². The van der Waals surface area contributed by atoms with Crippen molar-refractivity contribution in [3.63, 3.8) is 0 Å². The first-order valence-electron chi connectivity index (χ1n) is 10.4. The van der Waals surface area contributed by atoms with Crippen LogP contribution < -0.4 is 5.32 Å². The molecule has 3 aromatic carbocycles. The molecule has 0 radical (unpaired) electrons. The zero-order valence-electron chi connectivity index (χ0n) is 17.0. The molecule has 2 heterocycles. The second-order valence-electron chi connectivity index (χ2n) is 7.88. The van der Waals surface area contributed by atoms with Crippen LogP contribution in [-0.2, 0) is 11.3 Å². The van der Waals surface area contributed by atoms with E-state index in [2.05, 4.69) is 109 Å². The van der Waals surface area contributed by atoms with Gasteiger partial charge in [0.2, 0.25) is 0 Å². The highest BCUT2D eigenvalue weighted by Gasteiger charge is 2.37. The number of thioether (sulfide) groups is 1. The highest BCUT2D eigenvalue weighted by Crippen LogP contribution is 2.45. The SMILES string of the molecule is CC1CSCc2sc(NC(c3ccccc3)(c3ccccc3)c3ccccc3)cc21. The summed E-state index contributed by atoms with van der Waals surface area (Å²) in [7, 11) is 0. The molecule has 150 valence electrons. The van der Waals surface area contributed by atoms with E-state index in [1.54, 1.807) is 0 Å². The first-order valence-corrected chi connectivity index (χ1v) is 12.4. The van der Waals surface area contributed by atoms with Gasteiger partial charge in [-0.2, -0.15) is 11.8 Å². The largest absolute Gasteiger partial charge is 0.360 e. The Hall–Kier alpha value is -2.49. The molecule has 0 saturated carbocycles. The minimum Gasteiger partial charge on any atom is -0.360 e. The summed E-state index contributed by atoms with van der Waals surface area (Å²) in [4.78, 5) is 1.52. The zero-order valence-corrected chi connectivity index (χ0v) is 18.7. The monoisotopic (exact) mass is 427 g/mol. The van der Waals surface area contributed by atoms with Crippen molar-refractivity contribution in [2.45, 2.75) is 24.1 Å². The minimum absolute atomic E-state index is 0.451. The summed E-state index contributed by atoms with van der Waals surface area (Å²) in [6.07, 6.45) is 0. The highest BCUT2D eigenvalue weighted by atomic mass is 32.2. The molecule has 0 bridgehead atoms. The Balaban J connectivity index is 1.72. The molecular formula is C27H25NS2. The number of rotatable bonds is 5. The molecule has 1 nitrogen and oxygen atoms in total. The molecule has 1 unspecified atom stereocenters. The van der Waals surface area contributed by atoms with Gasteiger partial charge >= 0.3 is 0 Å². The highest BCUT2D eigenvalue weighted by molar-refractivity contribution is 7.98. The van der Waals surface area contributed by atoms with Crippen LogP contribution in [0.5, 0.6) is 0 Å². The van der Waals surface area contributed by atoms with Crippen molar-refractivity contribution in [2.75, 3.05) is 11.1 Å². The second kappa shape index (κ2) is 8.33. The van der Waals surface area contributed by atoms with E-state index in [0.717, 1.165) is 5.75 Å². The number of hydrogen-bond donors (Lipinski definition) is 1. The van der Waals surface area contributed by atoms with Gasteiger partial charge in [-0.3, -0.25) is 0 Å². The van der Waals surface area contributed by atoms with Gasteiger partial charge < -0.3 is 5.32 Å². The maximum Gasteiger partial charge on any atom is 0.114 e. The van der Waals surface area contributed by atoms with Crippen molar-refractivity contribution in [3.8, 4) is 0 Å². The van der Waals surface area contributed by atoms with Crippen LogP contribution in [0.4, 0.5) is 5.00 Å². The van der Waals surface area contributed by atoms with E-state index >= 15 is 0 Å². The molecule has 30 heavy (non-hydrogen) atoms. The predicted octanol–water partition coefficient (Wildman–Crippen LogP) is 7.50. The van der Waals surface area contributed by atoms with Gasteiger partial charge in [0, 0.05) is 16.4 Å². The molecule has 1 aromatic heterocycles. The Bertz CT molecular complexity index is 1010. The molecule has 0 fully saturated rings. The summed E-state index contributed by atoms with van der Waals surface area (Å²) < 4.78 is 0.